The van der Waals surface area contributed by atoms with Crippen molar-refractivity contribution < 1.29 is 112 Å². The van der Waals surface area contributed by atoms with Crippen LogP contribution in [0.5, 0.6) is 0 Å². The van der Waals surface area contributed by atoms with Gasteiger partial charge in [0.1, 0.15) is 12.8 Å². The zero-order valence-electron chi connectivity index (χ0n) is 46.2. The Hall–Kier alpha value is -6.46. The topological polar surface area (TPSA) is 502 Å². The van der Waals surface area contributed by atoms with Gasteiger partial charge in [-0.15, -0.1) is 0 Å². The number of aliphatic hydroxyl groups excluding tert-OH is 1. The van der Waals surface area contributed by atoms with E-state index in [0.29, 0.717) is 0 Å². The highest BCUT2D eigenvalue weighted by molar-refractivity contribution is 7.87. The van der Waals surface area contributed by atoms with Crippen LogP contribution < -0.4 is 26.2 Å². The van der Waals surface area contributed by atoms with E-state index in [1.807, 2.05) is 0 Å². The molecule has 2 aliphatic rings. The molecular weight excluding hydrogens is 1260 g/mol. The van der Waals surface area contributed by atoms with Crippen molar-refractivity contribution in [3.63, 3.8) is 0 Å². The van der Waals surface area contributed by atoms with E-state index < -0.39 is 162 Å². The molecule has 0 saturated carbocycles. The Balaban J connectivity index is 1.83. The first-order chi connectivity index (χ1) is 39.4. The minimum absolute atomic E-state index is 0.0619. The maximum atomic E-state index is 14.1. The molecule has 1 aromatic heterocycles. The standard InChI is InChI=1S/C49H63N7O24S6/c1-48(2)39(55(17-5-19-81(63,64)65)37-27-32(43(57)50-13-21-83(69,70)71)25-34(41(37)48)45(59)52-15-23-85(75,76)77)11-8-30(36-10-7-31(29-54-36)47(61)62)9-12-40-49(3,4)42-35(46(60)53-16-24-86(78,79)80)26-33(44(58)51-14-22-84(72,73)74)28-38(42)56(40)18-6-20-82(66,67)68/h7-12,25-29,45,52,59H,5-6,13-24H2,1-4H3,(H9-,50,51,53,57,58,60,61,62,63,64,65,66,67,68,69,70,71,72,73,74,75,76,77,78,79,80)/p+1. The molecule has 0 aliphatic carbocycles. The predicted molar refractivity (Wildman–Crippen MR) is 310 cm³/mol. The Morgan fingerprint density at radius 3 is 1.62 bits per heavy atom. The Kier molecular flexibility index (Phi) is 22.3. The molecule has 0 bridgehead atoms. The van der Waals surface area contributed by atoms with Gasteiger partial charge in [-0.1, -0.05) is 19.9 Å². The molecule has 0 saturated heterocycles. The summed E-state index contributed by atoms with van der Waals surface area (Å²) in [5.74, 6) is -9.55. The largest absolute Gasteiger partial charge is 0.478 e. The number of carboxylic acid groups (broad SMARTS) is 1. The lowest BCUT2D eigenvalue weighted by Gasteiger charge is -2.28. The number of amides is 3. The SMILES string of the molecule is CC1(C)C(/C=C/C(=C/C=C2/N(CCCS(=O)(=O)O)c3cc(C(=O)NCCS(=O)(=O)O)cc(C(O)NCCS(=O)(=O)O)c3C2(C)C)c2ccc(C(=O)O)cn2)=[N+](CCCS(=O)(=O)O)c2cc(C(=O)NCCS(=O)(=O)O)cc(C(=O)NCCS(=O)(=O)O)c21. The summed E-state index contributed by atoms with van der Waals surface area (Å²) in [5.41, 5.74) is -2.67. The van der Waals surface area contributed by atoms with Crippen LogP contribution in [0.4, 0.5) is 11.4 Å². The summed E-state index contributed by atoms with van der Waals surface area (Å²) in [4.78, 5) is 59.5. The minimum atomic E-state index is -4.62. The lowest BCUT2D eigenvalue weighted by Crippen LogP contribution is -2.34. The van der Waals surface area contributed by atoms with E-state index in [4.69, 9.17) is 0 Å². The molecule has 86 heavy (non-hydrogen) atoms. The van der Waals surface area contributed by atoms with Crippen molar-refractivity contribution in [2.75, 3.05) is 78.7 Å². The predicted octanol–water partition coefficient (Wildman–Crippen LogP) is 0.354. The number of nitrogens with zero attached hydrogens (tertiary/aromatic N) is 3. The number of aromatic carboxylic acids is 1. The zero-order chi connectivity index (χ0) is 64.8. The number of hydrogen-bond acceptors (Lipinski definition) is 20. The zero-order valence-corrected chi connectivity index (χ0v) is 51.1. The van der Waals surface area contributed by atoms with Crippen LogP contribution >= 0.6 is 0 Å². The van der Waals surface area contributed by atoms with Crippen molar-refractivity contribution in [1.82, 2.24) is 26.3 Å². The van der Waals surface area contributed by atoms with Gasteiger partial charge in [0.05, 0.1) is 62.3 Å². The van der Waals surface area contributed by atoms with Crippen LogP contribution in [0.1, 0.15) is 111 Å². The van der Waals surface area contributed by atoms with Gasteiger partial charge in [-0.25, -0.2) is 4.79 Å². The number of carbonyl (C=O) groups excluding carboxylic acids is 3. The molecule has 0 fully saturated rings. The number of allylic oxidation sites excluding steroid dienone is 6. The maximum Gasteiger partial charge on any atom is 0.337 e. The van der Waals surface area contributed by atoms with Crippen LogP contribution in [0.25, 0.3) is 5.57 Å². The third-order valence-corrected chi connectivity index (χ3v) is 17.9. The highest BCUT2D eigenvalue weighted by Gasteiger charge is 2.48. The van der Waals surface area contributed by atoms with Crippen LogP contribution in [-0.4, -0.2) is 201 Å². The summed E-state index contributed by atoms with van der Waals surface area (Å²) in [6, 6.07) is 7.41. The molecule has 12 N–H and O–H groups in total. The van der Waals surface area contributed by atoms with Gasteiger partial charge in [0.15, 0.2) is 5.71 Å². The van der Waals surface area contributed by atoms with E-state index in [2.05, 4.69) is 26.3 Å². The summed E-state index contributed by atoms with van der Waals surface area (Å²) in [7, 11) is -27.6. The van der Waals surface area contributed by atoms with Gasteiger partial charge in [0.25, 0.3) is 78.4 Å². The number of aliphatic hydroxyl groups is 1. The van der Waals surface area contributed by atoms with Crippen molar-refractivity contribution in [3.05, 3.63) is 117 Å². The Morgan fingerprint density at radius 1 is 0.616 bits per heavy atom. The number of carbonyl (C=O) groups is 4. The number of nitrogens with one attached hydrogen (secondary N) is 4. The average Bonchev–Trinajstić information content (AvgIpc) is 1.63. The van der Waals surface area contributed by atoms with Gasteiger partial charge in [-0.2, -0.15) is 55.1 Å². The van der Waals surface area contributed by atoms with Gasteiger partial charge < -0.3 is 31.1 Å². The van der Waals surface area contributed by atoms with Crippen molar-refractivity contribution in [2.24, 2.45) is 0 Å². The van der Waals surface area contributed by atoms with E-state index >= 15 is 0 Å². The highest BCUT2D eigenvalue weighted by atomic mass is 32.2. The second kappa shape index (κ2) is 27.3. The molecule has 1 unspecified atom stereocenters. The van der Waals surface area contributed by atoms with Crippen LogP contribution in [0.3, 0.4) is 0 Å². The summed E-state index contributed by atoms with van der Waals surface area (Å²) >= 11 is 0. The number of aromatic nitrogens is 1. The molecule has 0 spiro atoms. The smallest absolute Gasteiger partial charge is 0.337 e. The van der Waals surface area contributed by atoms with Crippen molar-refractivity contribution >= 4 is 107 Å². The minimum Gasteiger partial charge on any atom is -0.478 e. The molecule has 37 heteroatoms. The number of rotatable bonds is 30. The van der Waals surface area contributed by atoms with Crippen molar-refractivity contribution in [1.29, 1.82) is 0 Å². The van der Waals surface area contributed by atoms with Crippen LogP contribution in [0.15, 0.2) is 72.6 Å². The lowest BCUT2D eigenvalue weighted by atomic mass is 9.78. The third-order valence-electron chi connectivity index (χ3n) is 13.4. The fourth-order valence-corrected chi connectivity index (χ4v) is 12.1. The molecule has 3 aromatic rings. The van der Waals surface area contributed by atoms with Gasteiger partial charge >= 0.3 is 5.97 Å². The highest BCUT2D eigenvalue weighted by Crippen LogP contribution is 2.51. The first-order valence-electron chi connectivity index (χ1n) is 25.5. The first kappa shape index (κ1) is 70.3. The van der Waals surface area contributed by atoms with E-state index in [-0.39, 0.29) is 98.9 Å². The van der Waals surface area contributed by atoms with E-state index in [1.54, 1.807) is 27.7 Å². The fourth-order valence-electron chi connectivity index (χ4n) is 9.64. The maximum absolute atomic E-state index is 14.1. The molecule has 5 rings (SSSR count). The molecular formula is C49H64N7O24S6+. The monoisotopic (exact) mass is 1330 g/mol. The van der Waals surface area contributed by atoms with E-state index in [1.165, 1.54) is 64.1 Å². The number of benzene rings is 2. The second-order valence-electron chi connectivity index (χ2n) is 20.6. The summed E-state index contributed by atoms with van der Waals surface area (Å²) in [6.07, 6.45) is 4.48. The molecule has 2 aromatic carbocycles. The summed E-state index contributed by atoms with van der Waals surface area (Å²) in [6.45, 7) is 3.54. The molecule has 474 valence electrons. The van der Waals surface area contributed by atoms with E-state index in [9.17, 15) is 107 Å². The second-order valence-corrected chi connectivity index (χ2v) is 30.0. The molecule has 1 atom stereocenters. The number of hydrogen-bond donors (Lipinski definition) is 12. The summed E-state index contributed by atoms with van der Waals surface area (Å²) < 4.78 is 200. The van der Waals surface area contributed by atoms with Crippen LogP contribution in [-0.2, 0) is 71.5 Å². The average molecular weight is 1330 g/mol. The van der Waals surface area contributed by atoms with Crippen molar-refractivity contribution in [2.45, 2.75) is 57.6 Å². The quantitative estimate of drug-likeness (QED) is 0.0185. The van der Waals surface area contributed by atoms with Gasteiger partial charge in [0, 0.05) is 96.5 Å². The number of fused-ring (bicyclic) bond motifs is 2. The number of pyridine rings is 1. The fraction of sp³-hybridized carbons (Fsp3) is 0.429. The molecule has 31 nitrogen and oxygen atoms in total. The molecule has 3 heterocycles. The van der Waals surface area contributed by atoms with Crippen molar-refractivity contribution in [3.8, 4) is 0 Å². The lowest BCUT2D eigenvalue weighted by molar-refractivity contribution is -0.437. The molecule has 3 amide bonds. The Morgan fingerprint density at radius 2 is 1.12 bits per heavy atom. The van der Waals surface area contributed by atoms with Crippen LogP contribution in [0, 0.1) is 0 Å². The molecule has 2 aliphatic heterocycles. The third kappa shape index (κ3) is 19.8. The van der Waals surface area contributed by atoms with Gasteiger partial charge in [-0.05, 0) is 68.3 Å². The Labute approximate surface area is 495 Å². The summed E-state index contributed by atoms with van der Waals surface area (Å²) in [5, 5.41) is 31.1. The van der Waals surface area contributed by atoms with Crippen LogP contribution in [0.2, 0.25) is 0 Å². The normalized spacial score (nSPS) is 16.3. The first-order valence-corrected chi connectivity index (χ1v) is 35.1. The molecule has 0 radical (unpaired) electrons. The van der Waals surface area contributed by atoms with Gasteiger partial charge in [-0.3, -0.25) is 52.0 Å². The Bertz CT molecular complexity index is 4010. The number of anilines is 1. The van der Waals surface area contributed by atoms with E-state index in [0.717, 1.165) is 12.3 Å². The number of carboxylic acids is 1. The van der Waals surface area contributed by atoms with Gasteiger partial charge in [0.2, 0.25) is 5.69 Å².